The summed E-state index contributed by atoms with van der Waals surface area (Å²) < 4.78 is 0. The van der Waals surface area contributed by atoms with Gasteiger partial charge in [0.25, 0.3) is 0 Å². The third-order valence-corrected chi connectivity index (χ3v) is 2.70. The monoisotopic (exact) mass is 221 g/mol. The lowest BCUT2D eigenvalue weighted by atomic mass is 10.0. The molecule has 0 fully saturated rings. The van der Waals surface area contributed by atoms with Crippen LogP contribution in [0.2, 0.25) is 0 Å². The summed E-state index contributed by atoms with van der Waals surface area (Å²) in [6.07, 6.45) is 0.589. The lowest BCUT2D eigenvalue weighted by Gasteiger charge is -2.19. The molecule has 0 aliphatic rings. The Hall–Kier alpha value is -1.35. The molecule has 0 amide bonds. The van der Waals surface area contributed by atoms with Crippen LogP contribution in [0.5, 0.6) is 0 Å². The van der Waals surface area contributed by atoms with E-state index in [0.717, 1.165) is 5.56 Å². The van der Waals surface area contributed by atoms with E-state index in [-0.39, 0.29) is 6.04 Å². The maximum Gasteiger partial charge on any atom is 0.320 e. The molecule has 1 aromatic carbocycles. The van der Waals surface area contributed by atoms with E-state index >= 15 is 0 Å². The highest BCUT2D eigenvalue weighted by Gasteiger charge is 2.17. The van der Waals surface area contributed by atoms with E-state index in [9.17, 15) is 4.79 Å². The van der Waals surface area contributed by atoms with Gasteiger partial charge in [0, 0.05) is 6.04 Å². The molecule has 2 atom stereocenters. The summed E-state index contributed by atoms with van der Waals surface area (Å²) in [5, 5.41) is 12.1. The second-order valence-corrected chi connectivity index (χ2v) is 4.10. The second kappa shape index (κ2) is 5.66. The lowest BCUT2D eigenvalue weighted by Crippen LogP contribution is -2.37. The smallest absolute Gasteiger partial charge is 0.320 e. The van der Waals surface area contributed by atoms with Crippen LogP contribution in [0.4, 0.5) is 0 Å². The van der Waals surface area contributed by atoms with Crippen LogP contribution >= 0.6 is 0 Å². The van der Waals surface area contributed by atoms with Crippen molar-refractivity contribution in [2.75, 3.05) is 0 Å². The lowest BCUT2D eigenvalue weighted by molar-refractivity contribution is -0.139. The Kier molecular flexibility index (Phi) is 4.50. The molecule has 0 aliphatic heterocycles. The highest BCUT2D eigenvalue weighted by atomic mass is 16.4. The topological polar surface area (TPSA) is 49.3 Å². The summed E-state index contributed by atoms with van der Waals surface area (Å²) >= 11 is 0. The SMILES string of the molecule is CCC(N[C@H](C)c1cccc(C)c1)C(=O)O. The minimum Gasteiger partial charge on any atom is -0.480 e. The number of carboxylic acids is 1. The first kappa shape index (κ1) is 12.7. The highest BCUT2D eigenvalue weighted by Crippen LogP contribution is 2.14. The molecule has 2 N–H and O–H groups in total. The number of nitrogens with one attached hydrogen (secondary N) is 1. The highest BCUT2D eigenvalue weighted by molar-refractivity contribution is 5.73. The molecule has 0 aliphatic carbocycles. The molecular formula is C13H19NO2. The van der Waals surface area contributed by atoms with Gasteiger partial charge in [0.1, 0.15) is 6.04 Å². The van der Waals surface area contributed by atoms with Gasteiger partial charge in [-0.1, -0.05) is 36.8 Å². The van der Waals surface area contributed by atoms with Gasteiger partial charge in [-0.3, -0.25) is 10.1 Å². The minimum absolute atomic E-state index is 0.0564. The Morgan fingerprint density at radius 1 is 1.50 bits per heavy atom. The maximum absolute atomic E-state index is 10.9. The second-order valence-electron chi connectivity index (χ2n) is 4.10. The van der Waals surface area contributed by atoms with E-state index in [0.29, 0.717) is 6.42 Å². The molecule has 0 radical (unpaired) electrons. The Balaban J connectivity index is 2.71. The van der Waals surface area contributed by atoms with E-state index in [1.54, 1.807) is 0 Å². The predicted octanol–water partition coefficient (Wildman–Crippen LogP) is 2.51. The first-order chi connectivity index (χ1) is 7.54. The third kappa shape index (κ3) is 3.35. The number of rotatable bonds is 5. The van der Waals surface area contributed by atoms with Crippen LogP contribution in [0.15, 0.2) is 24.3 Å². The molecule has 16 heavy (non-hydrogen) atoms. The van der Waals surface area contributed by atoms with Gasteiger partial charge in [-0.15, -0.1) is 0 Å². The van der Waals surface area contributed by atoms with Crippen molar-refractivity contribution in [2.45, 2.75) is 39.3 Å². The quantitative estimate of drug-likeness (QED) is 0.803. The fourth-order valence-corrected chi connectivity index (χ4v) is 1.70. The van der Waals surface area contributed by atoms with Crippen molar-refractivity contribution in [2.24, 2.45) is 0 Å². The summed E-state index contributed by atoms with van der Waals surface area (Å²) in [5.74, 6) is -0.790. The summed E-state index contributed by atoms with van der Waals surface area (Å²) in [5.41, 5.74) is 2.31. The maximum atomic E-state index is 10.9. The van der Waals surface area contributed by atoms with Crippen molar-refractivity contribution >= 4 is 5.97 Å². The van der Waals surface area contributed by atoms with E-state index < -0.39 is 12.0 Å². The first-order valence-electron chi connectivity index (χ1n) is 5.60. The van der Waals surface area contributed by atoms with Gasteiger partial charge in [-0.05, 0) is 25.8 Å². The van der Waals surface area contributed by atoms with Gasteiger partial charge in [0.15, 0.2) is 0 Å². The molecule has 0 aromatic heterocycles. The average Bonchev–Trinajstić information content (AvgIpc) is 2.25. The van der Waals surface area contributed by atoms with Crippen molar-refractivity contribution in [1.82, 2.24) is 5.32 Å². The summed E-state index contributed by atoms with van der Waals surface area (Å²) in [4.78, 5) is 10.9. The van der Waals surface area contributed by atoms with Crippen LogP contribution in [-0.2, 0) is 4.79 Å². The zero-order valence-electron chi connectivity index (χ0n) is 10.0. The number of benzene rings is 1. The molecule has 0 spiro atoms. The fourth-order valence-electron chi connectivity index (χ4n) is 1.70. The van der Waals surface area contributed by atoms with Crippen LogP contribution in [0.3, 0.4) is 0 Å². The zero-order chi connectivity index (χ0) is 12.1. The van der Waals surface area contributed by atoms with Crippen molar-refractivity contribution in [3.05, 3.63) is 35.4 Å². The molecule has 1 aromatic rings. The standard InChI is InChI=1S/C13H19NO2/c1-4-12(13(15)16)14-10(3)11-7-5-6-9(2)8-11/h5-8,10,12,14H,4H2,1-3H3,(H,15,16)/t10-,12?/m1/s1. The van der Waals surface area contributed by atoms with E-state index in [2.05, 4.69) is 11.4 Å². The Morgan fingerprint density at radius 2 is 2.19 bits per heavy atom. The molecule has 0 heterocycles. The van der Waals surface area contributed by atoms with Crippen LogP contribution in [-0.4, -0.2) is 17.1 Å². The van der Waals surface area contributed by atoms with Crippen molar-refractivity contribution < 1.29 is 9.90 Å². The van der Waals surface area contributed by atoms with Crippen molar-refractivity contribution in [3.63, 3.8) is 0 Å². The average molecular weight is 221 g/mol. The zero-order valence-corrected chi connectivity index (χ0v) is 10.0. The van der Waals surface area contributed by atoms with Crippen LogP contribution < -0.4 is 5.32 Å². The summed E-state index contributed by atoms with van der Waals surface area (Å²) in [7, 11) is 0. The molecule has 3 heteroatoms. The number of carbonyl (C=O) groups is 1. The Labute approximate surface area is 96.5 Å². The number of aryl methyl sites for hydroxylation is 1. The molecule has 0 bridgehead atoms. The molecule has 88 valence electrons. The first-order valence-corrected chi connectivity index (χ1v) is 5.60. The summed E-state index contributed by atoms with van der Waals surface area (Å²) in [6.45, 7) is 5.89. The number of hydrogen-bond donors (Lipinski definition) is 2. The van der Waals surface area contributed by atoms with E-state index in [4.69, 9.17) is 5.11 Å². The number of carboxylic acid groups (broad SMARTS) is 1. The normalized spacial score (nSPS) is 14.4. The molecule has 1 rings (SSSR count). The van der Waals surface area contributed by atoms with Gasteiger partial charge in [0.05, 0.1) is 0 Å². The molecule has 0 saturated heterocycles. The van der Waals surface area contributed by atoms with E-state index in [1.165, 1.54) is 5.56 Å². The molecular weight excluding hydrogens is 202 g/mol. The molecule has 0 saturated carbocycles. The third-order valence-electron chi connectivity index (χ3n) is 2.70. The van der Waals surface area contributed by atoms with Gasteiger partial charge in [0.2, 0.25) is 0 Å². The number of hydrogen-bond acceptors (Lipinski definition) is 2. The van der Waals surface area contributed by atoms with Gasteiger partial charge >= 0.3 is 5.97 Å². The van der Waals surface area contributed by atoms with Crippen LogP contribution in [0.1, 0.15) is 37.4 Å². The summed E-state index contributed by atoms with van der Waals surface area (Å²) in [6, 6.07) is 7.69. The minimum atomic E-state index is -0.790. The van der Waals surface area contributed by atoms with Crippen molar-refractivity contribution in [1.29, 1.82) is 0 Å². The van der Waals surface area contributed by atoms with Crippen LogP contribution in [0, 0.1) is 6.92 Å². The van der Waals surface area contributed by atoms with Gasteiger partial charge < -0.3 is 5.11 Å². The van der Waals surface area contributed by atoms with Gasteiger partial charge in [-0.2, -0.15) is 0 Å². The van der Waals surface area contributed by atoms with Crippen molar-refractivity contribution in [3.8, 4) is 0 Å². The largest absolute Gasteiger partial charge is 0.480 e. The van der Waals surface area contributed by atoms with Gasteiger partial charge in [-0.25, -0.2) is 0 Å². The van der Waals surface area contributed by atoms with E-state index in [1.807, 2.05) is 39.0 Å². The Bertz CT molecular complexity index is 363. The predicted molar refractivity (Wildman–Crippen MR) is 64.4 cm³/mol. The van der Waals surface area contributed by atoms with Crippen LogP contribution in [0.25, 0.3) is 0 Å². The number of aliphatic carboxylic acids is 1. The molecule has 1 unspecified atom stereocenters. The fraction of sp³-hybridized carbons (Fsp3) is 0.462. The molecule has 3 nitrogen and oxygen atoms in total. The Morgan fingerprint density at radius 3 is 2.69 bits per heavy atom.